The van der Waals surface area contributed by atoms with Gasteiger partial charge in [-0.25, -0.2) is 0 Å². The van der Waals surface area contributed by atoms with Gasteiger partial charge in [-0.3, -0.25) is 4.99 Å². The second-order valence-electron chi connectivity index (χ2n) is 2.65. The summed E-state index contributed by atoms with van der Waals surface area (Å²) in [5.41, 5.74) is 2.52. The van der Waals surface area contributed by atoms with Crippen LogP contribution < -0.4 is 0 Å². The van der Waals surface area contributed by atoms with Crippen molar-refractivity contribution in [2.75, 3.05) is 7.05 Å². The molecule has 0 aromatic rings. The first-order valence-electron chi connectivity index (χ1n) is 3.98. The maximum Gasteiger partial charge on any atom is 0.0280 e. The van der Waals surface area contributed by atoms with Gasteiger partial charge in [0.25, 0.3) is 0 Å². The molecule has 0 bridgehead atoms. The van der Waals surface area contributed by atoms with E-state index in [9.17, 15) is 0 Å². The lowest BCUT2D eigenvalue weighted by Gasteiger charge is -1.95. The smallest absolute Gasteiger partial charge is 0.0280 e. The van der Waals surface area contributed by atoms with Crippen molar-refractivity contribution in [1.82, 2.24) is 0 Å². The Kier molecular flexibility index (Phi) is 5.44. The van der Waals surface area contributed by atoms with Gasteiger partial charge in [0, 0.05) is 13.3 Å². The van der Waals surface area contributed by atoms with Crippen LogP contribution in [0.25, 0.3) is 0 Å². The summed E-state index contributed by atoms with van der Waals surface area (Å²) in [4.78, 5) is 3.98. The lowest BCUT2D eigenvalue weighted by Crippen LogP contribution is -1.83. The van der Waals surface area contributed by atoms with Gasteiger partial charge in [0.05, 0.1) is 0 Å². The van der Waals surface area contributed by atoms with E-state index in [-0.39, 0.29) is 0 Å². The van der Waals surface area contributed by atoms with E-state index in [1.165, 1.54) is 11.1 Å². The number of rotatable bonds is 3. The van der Waals surface area contributed by atoms with Crippen molar-refractivity contribution in [2.24, 2.45) is 4.99 Å². The lowest BCUT2D eigenvalue weighted by atomic mass is 10.1. The average Bonchev–Trinajstić information content (AvgIpc) is 1.97. The van der Waals surface area contributed by atoms with Gasteiger partial charge in [-0.2, -0.15) is 0 Å². The Morgan fingerprint density at radius 3 is 2.36 bits per heavy atom. The van der Waals surface area contributed by atoms with Crippen molar-refractivity contribution in [3.8, 4) is 0 Å². The molecule has 0 saturated heterocycles. The van der Waals surface area contributed by atoms with Crippen LogP contribution >= 0.6 is 0 Å². The van der Waals surface area contributed by atoms with Gasteiger partial charge in [0.2, 0.25) is 0 Å². The second kappa shape index (κ2) is 5.90. The van der Waals surface area contributed by atoms with E-state index in [0.29, 0.717) is 0 Å². The van der Waals surface area contributed by atoms with E-state index in [0.717, 1.165) is 6.42 Å². The molecule has 0 aromatic carbocycles. The zero-order valence-corrected chi connectivity index (χ0v) is 7.89. The van der Waals surface area contributed by atoms with Crippen LogP contribution in [0.15, 0.2) is 28.3 Å². The van der Waals surface area contributed by atoms with Crippen molar-refractivity contribution in [3.63, 3.8) is 0 Å². The zero-order valence-electron chi connectivity index (χ0n) is 7.89. The topological polar surface area (TPSA) is 12.4 Å². The Balaban J connectivity index is 4.37. The van der Waals surface area contributed by atoms with Gasteiger partial charge < -0.3 is 0 Å². The predicted molar refractivity (Wildman–Crippen MR) is 52.2 cm³/mol. The fourth-order valence-electron chi connectivity index (χ4n) is 0.723. The fourth-order valence-corrected chi connectivity index (χ4v) is 0.723. The lowest BCUT2D eigenvalue weighted by molar-refractivity contribution is 1.22. The number of allylic oxidation sites excluding steroid dienone is 4. The van der Waals surface area contributed by atoms with Crippen LogP contribution in [0.4, 0.5) is 0 Å². The molecule has 1 nitrogen and oxygen atoms in total. The molecule has 62 valence electrons. The first-order chi connectivity index (χ1) is 5.22. The minimum Gasteiger partial charge on any atom is -0.296 e. The summed E-state index contributed by atoms with van der Waals surface area (Å²) >= 11 is 0. The molecule has 0 aliphatic rings. The summed E-state index contributed by atoms with van der Waals surface area (Å²) in [6.07, 6.45) is 7.22. The summed E-state index contributed by atoms with van der Waals surface area (Å²) in [6.45, 7) is 6.32. The third-order valence-corrected chi connectivity index (χ3v) is 1.38. The quantitative estimate of drug-likeness (QED) is 0.434. The molecule has 0 heterocycles. The SMILES string of the molecule is CCC=CC(C=NC)=C(C)C. The van der Waals surface area contributed by atoms with Crippen LogP contribution in [-0.4, -0.2) is 13.3 Å². The van der Waals surface area contributed by atoms with E-state index in [1.807, 2.05) is 6.21 Å². The predicted octanol–water partition coefficient (Wildman–Crippen LogP) is 2.99. The minimum absolute atomic E-state index is 1.08. The Labute approximate surface area is 69.5 Å². The van der Waals surface area contributed by atoms with Gasteiger partial charge >= 0.3 is 0 Å². The van der Waals surface area contributed by atoms with Crippen molar-refractivity contribution in [2.45, 2.75) is 27.2 Å². The largest absolute Gasteiger partial charge is 0.296 e. The van der Waals surface area contributed by atoms with Crippen LogP contribution in [0.1, 0.15) is 27.2 Å². The molecule has 0 aliphatic carbocycles. The van der Waals surface area contributed by atoms with Crippen molar-refractivity contribution >= 4 is 6.21 Å². The van der Waals surface area contributed by atoms with Crippen molar-refractivity contribution < 1.29 is 0 Å². The van der Waals surface area contributed by atoms with E-state index in [2.05, 4.69) is 37.9 Å². The Bertz CT molecular complexity index is 181. The maximum atomic E-state index is 3.98. The molecule has 1 heteroatoms. The highest BCUT2D eigenvalue weighted by Crippen LogP contribution is 2.02. The molecule has 0 rings (SSSR count). The molecular weight excluding hydrogens is 134 g/mol. The summed E-state index contributed by atoms with van der Waals surface area (Å²) in [5.74, 6) is 0. The van der Waals surface area contributed by atoms with E-state index < -0.39 is 0 Å². The first kappa shape index (κ1) is 10.2. The fraction of sp³-hybridized carbons (Fsp3) is 0.500. The Hall–Kier alpha value is -0.850. The molecule has 0 aliphatic heterocycles. The number of nitrogens with zero attached hydrogens (tertiary/aromatic N) is 1. The van der Waals surface area contributed by atoms with Gasteiger partial charge in [-0.1, -0.05) is 24.6 Å². The number of aliphatic imine (C=N–C) groups is 1. The van der Waals surface area contributed by atoms with Crippen LogP contribution in [-0.2, 0) is 0 Å². The normalized spacial score (nSPS) is 11.3. The minimum atomic E-state index is 1.08. The second-order valence-corrected chi connectivity index (χ2v) is 2.65. The van der Waals surface area contributed by atoms with E-state index in [4.69, 9.17) is 0 Å². The maximum absolute atomic E-state index is 3.98. The number of hydrogen-bond donors (Lipinski definition) is 0. The molecule has 0 radical (unpaired) electrons. The van der Waals surface area contributed by atoms with Crippen LogP contribution in [0.2, 0.25) is 0 Å². The van der Waals surface area contributed by atoms with Crippen LogP contribution in [0.3, 0.4) is 0 Å². The first-order valence-corrected chi connectivity index (χ1v) is 3.98. The van der Waals surface area contributed by atoms with E-state index >= 15 is 0 Å². The molecule has 0 fully saturated rings. The van der Waals surface area contributed by atoms with Crippen molar-refractivity contribution in [1.29, 1.82) is 0 Å². The molecule has 0 unspecified atom stereocenters. The highest BCUT2D eigenvalue weighted by molar-refractivity contribution is 5.83. The molecule has 0 amide bonds. The third kappa shape index (κ3) is 4.54. The summed E-state index contributed by atoms with van der Waals surface area (Å²) in [6, 6.07) is 0. The van der Waals surface area contributed by atoms with Gasteiger partial charge in [0.1, 0.15) is 0 Å². The molecule has 0 spiro atoms. The summed E-state index contributed by atoms with van der Waals surface area (Å²) < 4.78 is 0. The zero-order chi connectivity index (χ0) is 8.69. The highest BCUT2D eigenvalue weighted by atomic mass is 14.6. The van der Waals surface area contributed by atoms with E-state index in [1.54, 1.807) is 7.05 Å². The summed E-state index contributed by atoms with van der Waals surface area (Å²) in [7, 11) is 1.79. The number of hydrogen-bond acceptors (Lipinski definition) is 1. The highest BCUT2D eigenvalue weighted by Gasteiger charge is 1.87. The molecule has 0 N–H and O–H groups in total. The molecule has 0 aromatic heterocycles. The molecule has 0 saturated carbocycles. The molecule has 11 heavy (non-hydrogen) atoms. The van der Waals surface area contributed by atoms with Gasteiger partial charge in [0.15, 0.2) is 0 Å². The monoisotopic (exact) mass is 151 g/mol. The van der Waals surface area contributed by atoms with Crippen molar-refractivity contribution in [3.05, 3.63) is 23.3 Å². The Morgan fingerprint density at radius 1 is 1.36 bits per heavy atom. The molecule has 0 atom stereocenters. The summed E-state index contributed by atoms with van der Waals surface area (Å²) in [5, 5.41) is 0. The van der Waals surface area contributed by atoms with Crippen LogP contribution in [0.5, 0.6) is 0 Å². The Morgan fingerprint density at radius 2 is 2.00 bits per heavy atom. The van der Waals surface area contributed by atoms with Gasteiger partial charge in [-0.15, -0.1) is 0 Å². The average molecular weight is 151 g/mol. The molecular formula is C10H17N. The van der Waals surface area contributed by atoms with Crippen LogP contribution in [0, 0.1) is 0 Å². The standard InChI is InChI=1S/C10H17N/c1-5-6-7-10(8-11-4)9(2)3/h6-8H,5H2,1-4H3. The van der Waals surface area contributed by atoms with Gasteiger partial charge in [-0.05, 0) is 25.8 Å². The third-order valence-electron chi connectivity index (χ3n) is 1.38.